The molecule has 33 heavy (non-hydrogen) atoms. The summed E-state index contributed by atoms with van der Waals surface area (Å²) in [6.07, 6.45) is 0.429. The maximum atomic E-state index is 12.3. The summed E-state index contributed by atoms with van der Waals surface area (Å²) in [6, 6.07) is 22.5. The molecule has 0 atom stereocenters. The van der Waals surface area contributed by atoms with Crippen LogP contribution in [0, 0.1) is 6.92 Å². The molecule has 2 aromatic carbocycles. The Balaban J connectivity index is 1.43. The second-order valence-electron chi connectivity index (χ2n) is 7.53. The first-order chi connectivity index (χ1) is 15.9. The first kappa shape index (κ1) is 23.0. The molecule has 0 bridgehead atoms. The van der Waals surface area contributed by atoms with E-state index in [9.17, 15) is 13.2 Å². The molecular formula is C24H24N4O3S2. The number of rotatable bonds is 9. The van der Waals surface area contributed by atoms with Crippen LogP contribution in [0.2, 0.25) is 0 Å². The van der Waals surface area contributed by atoms with Gasteiger partial charge in [0.15, 0.2) is 0 Å². The zero-order chi connectivity index (χ0) is 23.3. The molecule has 0 saturated heterocycles. The molecule has 2 heterocycles. The number of nitrogens with zero attached hydrogens (tertiary/aromatic N) is 3. The van der Waals surface area contributed by atoms with Crippen molar-refractivity contribution >= 4 is 21.4 Å². The number of thiazole rings is 1. The van der Waals surface area contributed by atoms with Crippen LogP contribution in [0.3, 0.4) is 0 Å². The Morgan fingerprint density at radius 1 is 0.970 bits per heavy atom. The van der Waals surface area contributed by atoms with Gasteiger partial charge in [-0.15, -0.1) is 11.3 Å². The van der Waals surface area contributed by atoms with Crippen molar-refractivity contribution in [2.45, 2.75) is 19.9 Å². The normalized spacial score (nSPS) is 11.5. The van der Waals surface area contributed by atoms with Crippen molar-refractivity contribution in [3.63, 3.8) is 0 Å². The van der Waals surface area contributed by atoms with E-state index < -0.39 is 10.0 Å². The van der Waals surface area contributed by atoms with Crippen molar-refractivity contribution in [2.75, 3.05) is 12.3 Å². The second-order valence-corrected chi connectivity index (χ2v) is 10.5. The number of aryl methyl sites for hydroxylation is 2. The van der Waals surface area contributed by atoms with E-state index in [1.165, 1.54) is 22.1 Å². The Kier molecular flexibility index (Phi) is 7.12. The standard InChI is InChI=1S/C24H24N4O3S2/c1-18-23(32-24(26-18)20-10-6-3-7-11-20)21-12-13-22(29)28(27-21)16-15-25-33(30,31)17-14-19-8-4-2-5-9-19/h2-13,25H,14-17H2,1H3. The fourth-order valence-electron chi connectivity index (χ4n) is 3.34. The van der Waals surface area contributed by atoms with Gasteiger partial charge in [-0.05, 0) is 25.0 Å². The smallest absolute Gasteiger partial charge is 0.266 e. The van der Waals surface area contributed by atoms with Crippen molar-refractivity contribution in [3.8, 4) is 21.1 Å². The summed E-state index contributed by atoms with van der Waals surface area (Å²) in [4.78, 5) is 17.8. The van der Waals surface area contributed by atoms with E-state index in [2.05, 4.69) is 14.8 Å². The molecule has 170 valence electrons. The van der Waals surface area contributed by atoms with Gasteiger partial charge in [0.25, 0.3) is 5.56 Å². The highest BCUT2D eigenvalue weighted by Gasteiger charge is 2.14. The molecule has 2 aromatic heterocycles. The minimum absolute atomic E-state index is 0.0122. The number of hydrogen-bond acceptors (Lipinski definition) is 6. The molecule has 0 radical (unpaired) electrons. The average molecular weight is 481 g/mol. The lowest BCUT2D eigenvalue weighted by Crippen LogP contribution is -2.33. The Bertz CT molecular complexity index is 1380. The summed E-state index contributed by atoms with van der Waals surface area (Å²) in [5, 5.41) is 5.35. The lowest BCUT2D eigenvalue weighted by molar-refractivity contribution is 0.548. The predicted molar refractivity (Wildman–Crippen MR) is 132 cm³/mol. The fraction of sp³-hybridized carbons (Fsp3) is 0.208. The van der Waals surface area contributed by atoms with Crippen LogP contribution in [0.5, 0.6) is 0 Å². The van der Waals surface area contributed by atoms with Crippen molar-refractivity contribution < 1.29 is 8.42 Å². The molecule has 0 aliphatic rings. The Labute approximate surface area is 196 Å². The Hall–Kier alpha value is -3.14. The SMILES string of the molecule is Cc1nc(-c2ccccc2)sc1-c1ccc(=O)n(CCNS(=O)(=O)CCc2ccccc2)n1. The maximum absolute atomic E-state index is 12.3. The van der Waals surface area contributed by atoms with Crippen molar-refractivity contribution in [2.24, 2.45) is 0 Å². The summed E-state index contributed by atoms with van der Waals surface area (Å²) in [5.41, 5.74) is 3.17. The molecular weight excluding hydrogens is 456 g/mol. The highest BCUT2D eigenvalue weighted by Crippen LogP contribution is 2.33. The molecule has 4 aromatic rings. The fourth-order valence-corrected chi connectivity index (χ4v) is 5.43. The van der Waals surface area contributed by atoms with Gasteiger partial charge < -0.3 is 0 Å². The van der Waals surface area contributed by atoms with Crippen molar-refractivity contribution in [1.29, 1.82) is 0 Å². The van der Waals surface area contributed by atoms with E-state index in [0.29, 0.717) is 12.1 Å². The molecule has 1 N–H and O–H groups in total. The number of aromatic nitrogens is 3. The van der Waals surface area contributed by atoms with Gasteiger partial charge in [-0.25, -0.2) is 22.8 Å². The number of sulfonamides is 1. The van der Waals surface area contributed by atoms with Gasteiger partial charge >= 0.3 is 0 Å². The molecule has 0 fully saturated rings. The minimum Gasteiger partial charge on any atom is -0.268 e. The van der Waals surface area contributed by atoms with Crippen LogP contribution in [0.15, 0.2) is 77.6 Å². The highest BCUT2D eigenvalue weighted by atomic mass is 32.2. The second kappa shape index (κ2) is 10.2. The van der Waals surface area contributed by atoms with E-state index in [0.717, 1.165) is 26.7 Å². The lowest BCUT2D eigenvalue weighted by atomic mass is 10.2. The molecule has 4 rings (SSSR count). The number of nitrogens with one attached hydrogen (secondary N) is 1. The zero-order valence-electron chi connectivity index (χ0n) is 18.1. The highest BCUT2D eigenvalue weighted by molar-refractivity contribution is 7.89. The van der Waals surface area contributed by atoms with Gasteiger partial charge in [-0.2, -0.15) is 5.10 Å². The van der Waals surface area contributed by atoms with Gasteiger partial charge in [-0.1, -0.05) is 60.7 Å². The summed E-state index contributed by atoms with van der Waals surface area (Å²) in [7, 11) is -3.46. The molecule has 0 saturated carbocycles. The van der Waals surface area contributed by atoms with Crippen LogP contribution in [0.1, 0.15) is 11.3 Å². The number of benzene rings is 2. The van der Waals surface area contributed by atoms with E-state index in [1.807, 2.05) is 67.6 Å². The van der Waals surface area contributed by atoms with Crippen molar-refractivity contribution in [1.82, 2.24) is 19.5 Å². The summed E-state index contributed by atoms with van der Waals surface area (Å²) in [5.74, 6) is -0.0122. The predicted octanol–water partition coefficient (Wildman–Crippen LogP) is 3.50. The third kappa shape index (κ3) is 6.01. The third-order valence-corrected chi connectivity index (χ3v) is 7.68. The van der Waals surface area contributed by atoms with Crippen LogP contribution < -0.4 is 10.3 Å². The van der Waals surface area contributed by atoms with E-state index in [4.69, 9.17) is 0 Å². The van der Waals surface area contributed by atoms with Crippen LogP contribution in [0.25, 0.3) is 21.1 Å². The molecule has 0 aliphatic carbocycles. The first-order valence-electron chi connectivity index (χ1n) is 10.5. The molecule has 9 heteroatoms. The van der Waals surface area contributed by atoms with Gasteiger partial charge in [0.1, 0.15) is 10.7 Å². The van der Waals surface area contributed by atoms with Gasteiger partial charge in [0.2, 0.25) is 10.0 Å². The minimum atomic E-state index is -3.46. The quantitative estimate of drug-likeness (QED) is 0.396. The van der Waals surface area contributed by atoms with Crippen molar-refractivity contribution in [3.05, 3.63) is 94.4 Å². The average Bonchev–Trinajstić information content (AvgIpc) is 3.22. The lowest BCUT2D eigenvalue weighted by Gasteiger charge is -2.09. The molecule has 0 unspecified atom stereocenters. The van der Waals surface area contributed by atoms with E-state index >= 15 is 0 Å². The summed E-state index contributed by atoms with van der Waals surface area (Å²) >= 11 is 1.51. The third-order valence-electron chi connectivity index (χ3n) is 5.06. The van der Waals surface area contributed by atoms with Gasteiger partial charge in [0.05, 0.1) is 22.9 Å². The first-order valence-corrected chi connectivity index (χ1v) is 13.0. The zero-order valence-corrected chi connectivity index (χ0v) is 19.8. The van der Waals surface area contributed by atoms with Crippen LogP contribution in [-0.2, 0) is 23.0 Å². The maximum Gasteiger partial charge on any atom is 0.266 e. The Morgan fingerprint density at radius 3 is 2.39 bits per heavy atom. The topological polar surface area (TPSA) is 94.0 Å². The van der Waals surface area contributed by atoms with E-state index in [1.54, 1.807) is 6.07 Å². The molecule has 0 aliphatic heterocycles. The van der Waals surface area contributed by atoms with Gasteiger partial charge in [-0.3, -0.25) is 4.79 Å². The molecule has 7 nitrogen and oxygen atoms in total. The summed E-state index contributed by atoms with van der Waals surface area (Å²) < 4.78 is 28.5. The van der Waals surface area contributed by atoms with Crippen LogP contribution in [-0.4, -0.2) is 35.5 Å². The van der Waals surface area contributed by atoms with Crippen LogP contribution in [0.4, 0.5) is 0 Å². The Morgan fingerprint density at radius 2 is 1.67 bits per heavy atom. The molecule has 0 amide bonds. The monoisotopic (exact) mass is 480 g/mol. The van der Waals surface area contributed by atoms with Gasteiger partial charge in [0, 0.05) is 18.2 Å². The molecule has 0 spiro atoms. The largest absolute Gasteiger partial charge is 0.268 e. The summed E-state index contributed by atoms with van der Waals surface area (Å²) in [6.45, 7) is 2.14. The van der Waals surface area contributed by atoms with E-state index in [-0.39, 0.29) is 24.4 Å². The number of hydrogen-bond donors (Lipinski definition) is 1. The van der Waals surface area contributed by atoms with Crippen LogP contribution >= 0.6 is 11.3 Å².